The second-order valence-electron chi connectivity index (χ2n) is 4.08. The average Bonchev–Trinajstić information content (AvgIpc) is 2.28. The lowest BCUT2D eigenvalue weighted by Crippen LogP contribution is -2.26. The average molecular weight is 310 g/mol. The summed E-state index contributed by atoms with van der Waals surface area (Å²) in [5.74, 6) is 0.309. The Kier molecular flexibility index (Phi) is 5.92. The van der Waals surface area contributed by atoms with E-state index in [9.17, 15) is 8.42 Å². The van der Waals surface area contributed by atoms with Crippen molar-refractivity contribution in [2.45, 2.75) is 19.9 Å². The van der Waals surface area contributed by atoms with Crippen LogP contribution in [0, 0.1) is 0 Å². The zero-order valence-corrected chi connectivity index (χ0v) is 12.7. The molecule has 1 aromatic carbocycles. The van der Waals surface area contributed by atoms with Gasteiger partial charge in [0.05, 0.1) is 5.75 Å². The largest absolute Gasteiger partial charge is 0.309 e. The number of hydrogen-bond acceptors (Lipinski definition) is 3. The summed E-state index contributed by atoms with van der Waals surface area (Å²) in [6.45, 7) is 4.00. The van der Waals surface area contributed by atoms with Gasteiger partial charge in [-0.05, 0) is 24.6 Å². The summed E-state index contributed by atoms with van der Waals surface area (Å²) in [7, 11) is -2.93. The van der Waals surface area contributed by atoms with Crippen LogP contribution in [-0.4, -0.2) is 26.5 Å². The number of hydrogen-bond donors (Lipinski definition) is 1. The first-order valence-electron chi connectivity index (χ1n) is 5.74. The lowest BCUT2D eigenvalue weighted by molar-refractivity contribution is 0.573. The maximum Gasteiger partial charge on any atom is 0.151 e. The van der Waals surface area contributed by atoms with Gasteiger partial charge in [0.15, 0.2) is 9.84 Å². The van der Waals surface area contributed by atoms with Crippen LogP contribution in [0.2, 0.25) is 10.0 Å². The van der Waals surface area contributed by atoms with Crippen LogP contribution in [0.5, 0.6) is 0 Å². The van der Waals surface area contributed by atoms with Gasteiger partial charge in [-0.25, -0.2) is 8.42 Å². The molecule has 1 unspecified atom stereocenters. The molecule has 0 bridgehead atoms. The van der Waals surface area contributed by atoms with Crippen LogP contribution in [0.25, 0.3) is 0 Å². The van der Waals surface area contributed by atoms with E-state index < -0.39 is 9.84 Å². The molecule has 1 aromatic rings. The van der Waals surface area contributed by atoms with Gasteiger partial charge in [0, 0.05) is 28.4 Å². The van der Waals surface area contributed by atoms with Gasteiger partial charge in [-0.2, -0.15) is 0 Å². The first-order valence-corrected chi connectivity index (χ1v) is 8.32. The molecular weight excluding hydrogens is 293 g/mol. The molecule has 0 radical (unpaired) electrons. The lowest BCUT2D eigenvalue weighted by Gasteiger charge is -2.15. The van der Waals surface area contributed by atoms with Gasteiger partial charge >= 0.3 is 0 Å². The quantitative estimate of drug-likeness (QED) is 0.878. The highest BCUT2D eigenvalue weighted by Crippen LogP contribution is 2.25. The van der Waals surface area contributed by atoms with Gasteiger partial charge in [0.1, 0.15) is 0 Å². The summed E-state index contributed by atoms with van der Waals surface area (Å²) < 4.78 is 22.7. The summed E-state index contributed by atoms with van der Waals surface area (Å²) in [5, 5.41) is 4.31. The third-order valence-electron chi connectivity index (χ3n) is 2.73. The molecule has 3 nitrogen and oxygen atoms in total. The summed E-state index contributed by atoms with van der Waals surface area (Å²) in [5.41, 5.74) is 0.912. The monoisotopic (exact) mass is 309 g/mol. The first-order chi connectivity index (χ1) is 8.35. The Labute approximate surface area is 118 Å². The molecule has 1 atom stereocenters. The molecule has 0 aromatic heterocycles. The number of nitrogens with one attached hydrogen (secondary N) is 1. The summed E-state index contributed by atoms with van der Waals surface area (Å²) in [6.07, 6.45) is 0. The van der Waals surface area contributed by atoms with Crippen LogP contribution in [0.1, 0.15) is 25.5 Å². The minimum Gasteiger partial charge on any atom is -0.309 e. The molecule has 102 valence electrons. The Morgan fingerprint density at radius 2 is 2.00 bits per heavy atom. The predicted molar refractivity (Wildman–Crippen MR) is 77.2 cm³/mol. The fourth-order valence-electron chi connectivity index (χ4n) is 1.54. The molecule has 0 saturated heterocycles. The molecule has 0 aliphatic rings. The fourth-order valence-corrected chi connectivity index (χ4v) is 2.83. The molecule has 0 heterocycles. The van der Waals surface area contributed by atoms with E-state index in [0.29, 0.717) is 16.6 Å². The Balaban J connectivity index is 2.58. The van der Waals surface area contributed by atoms with Crippen LogP contribution >= 0.6 is 23.2 Å². The Bertz CT molecular complexity index is 503. The van der Waals surface area contributed by atoms with Gasteiger partial charge in [-0.1, -0.05) is 36.2 Å². The van der Waals surface area contributed by atoms with E-state index in [2.05, 4.69) is 5.32 Å². The van der Waals surface area contributed by atoms with E-state index in [4.69, 9.17) is 23.2 Å². The summed E-state index contributed by atoms with van der Waals surface area (Å²) in [6, 6.07) is 5.28. The molecule has 6 heteroatoms. The van der Waals surface area contributed by atoms with E-state index >= 15 is 0 Å². The molecule has 0 aliphatic carbocycles. The molecule has 18 heavy (non-hydrogen) atoms. The molecule has 0 fully saturated rings. The molecule has 0 spiro atoms. The zero-order valence-electron chi connectivity index (χ0n) is 10.4. The van der Waals surface area contributed by atoms with Gasteiger partial charge in [0.25, 0.3) is 0 Å². The van der Waals surface area contributed by atoms with E-state index in [1.165, 1.54) is 0 Å². The standard InChI is InChI=1S/C12H17Cl2NO2S/c1-3-18(16,17)7-6-15-9(2)11-5-4-10(13)8-12(11)14/h4-5,8-9,15H,3,6-7H2,1-2H3. The molecule has 0 amide bonds. The molecular formula is C12H17Cl2NO2S. The number of rotatable bonds is 6. The minimum atomic E-state index is -2.93. The Morgan fingerprint density at radius 3 is 2.56 bits per heavy atom. The van der Waals surface area contributed by atoms with E-state index in [0.717, 1.165) is 5.56 Å². The maximum atomic E-state index is 11.3. The highest BCUT2D eigenvalue weighted by Gasteiger charge is 2.11. The maximum absolute atomic E-state index is 11.3. The minimum absolute atomic E-state index is 0.0122. The van der Waals surface area contributed by atoms with Crippen LogP contribution in [0.4, 0.5) is 0 Å². The highest BCUT2D eigenvalue weighted by atomic mass is 35.5. The van der Waals surface area contributed by atoms with E-state index in [1.54, 1.807) is 19.1 Å². The van der Waals surface area contributed by atoms with Gasteiger partial charge in [-0.3, -0.25) is 0 Å². The summed E-state index contributed by atoms with van der Waals surface area (Å²) >= 11 is 11.9. The highest BCUT2D eigenvalue weighted by molar-refractivity contribution is 7.91. The van der Waals surface area contributed by atoms with Crippen molar-refractivity contribution in [2.24, 2.45) is 0 Å². The SMILES string of the molecule is CCS(=O)(=O)CCNC(C)c1ccc(Cl)cc1Cl. The first kappa shape index (κ1) is 15.8. The predicted octanol–water partition coefficient (Wildman–Crippen LogP) is 3.08. The van der Waals surface area contributed by atoms with Crippen molar-refractivity contribution in [2.75, 3.05) is 18.1 Å². The molecule has 1 rings (SSSR count). The van der Waals surface area contributed by atoms with E-state index in [-0.39, 0.29) is 17.5 Å². The van der Waals surface area contributed by atoms with Crippen molar-refractivity contribution in [3.63, 3.8) is 0 Å². The molecule has 1 N–H and O–H groups in total. The van der Waals surface area contributed by atoms with Gasteiger partial charge in [-0.15, -0.1) is 0 Å². The number of halogens is 2. The van der Waals surface area contributed by atoms with Gasteiger partial charge < -0.3 is 5.32 Å². The normalized spacial score (nSPS) is 13.6. The van der Waals surface area contributed by atoms with Crippen LogP contribution in [0.3, 0.4) is 0 Å². The molecule has 0 saturated carbocycles. The summed E-state index contributed by atoms with van der Waals surface area (Å²) in [4.78, 5) is 0. The number of sulfone groups is 1. The van der Waals surface area contributed by atoms with E-state index in [1.807, 2.05) is 13.0 Å². The topological polar surface area (TPSA) is 46.2 Å². The van der Waals surface area contributed by atoms with Gasteiger partial charge in [0.2, 0.25) is 0 Å². The second kappa shape index (κ2) is 6.75. The third-order valence-corrected chi connectivity index (χ3v) is 5.00. The Hall–Kier alpha value is -0.290. The van der Waals surface area contributed by atoms with Crippen molar-refractivity contribution in [1.29, 1.82) is 0 Å². The van der Waals surface area contributed by atoms with Crippen molar-refractivity contribution in [3.8, 4) is 0 Å². The fraction of sp³-hybridized carbons (Fsp3) is 0.500. The number of benzene rings is 1. The zero-order chi connectivity index (χ0) is 13.8. The smallest absolute Gasteiger partial charge is 0.151 e. The second-order valence-corrected chi connectivity index (χ2v) is 7.39. The van der Waals surface area contributed by atoms with Crippen molar-refractivity contribution in [3.05, 3.63) is 33.8 Å². The van der Waals surface area contributed by atoms with Crippen LogP contribution in [-0.2, 0) is 9.84 Å². The lowest BCUT2D eigenvalue weighted by atomic mass is 10.1. The third kappa shape index (κ3) is 4.76. The molecule has 0 aliphatic heterocycles. The Morgan fingerprint density at radius 1 is 1.33 bits per heavy atom. The van der Waals surface area contributed by atoms with Crippen molar-refractivity contribution >= 4 is 33.0 Å². The van der Waals surface area contributed by atoms with Crippen molar-refractivity contribution in [1.82, 2.24) is 5.32 Å². The van der Waals surface area contributed by atoms with Crippen molar-refractivity contribution < 1.29 is 8.42 Å². The van der Waals surface area contributed by atoms with Crippen LogP contribution < -0.4 is 5.32 Å². The van der Waals surface area contributed by atoms with Crippen LogP contribution in [0.15, 0.2) is 18.2 Å².